The number of nitrogens with zero attached hydrogens (tertiary/aromatic N) is 14. The molecule has 7 saturated heterocycles. The maximum atomic E-state index is 13.7. The van der Waals surface area contributed by atoms with Gasteiger partial charge in [0.2, 0.25) is 5.95 Å². The summed E-state index contributed by atoms with van der Waals surface area (Å²) in [4.78, 5) is 225. The number of ether oxygens (including phenoxy) is 7. The number of imidazole rings is 2. The Bertz CT molecular complexity index is 7110. The maximum Gasteiger partial charge on any atom is 0.351 e. The molecule has 0 aliphatic carbocycles. The number of amides is 2. The van der Waals surface area contributed by atoms with Crippen LogP contribution >= 0.6 is 47.0 Å². The van der Waals surface area contributed by atoms with Gasteiger partial charge < -0.3 is 165 Å². The molecule has 0 spiro atoms. The minimum absolute atomic E-state index is 0.0118. The maximum absolute atomic E-state index is 13.7. The normalized spacial score (nSPS) is 30.7. The average molecular weight is 2310 g/mol. The molecule has 15 unspecified atom stereocenters. The standard InChI is InChI=1S/C72H100N23O36P7S7/c1-8-35-36(9-49(118-35)89-16-30(2)58(73)82-68(89)99)126-133(105,140)112-26-48-42(15-55(124-48)95-29-81-57-63(95)85-67(77)86-66(57)98)131-138(110,145)116-23-45-39(12-51(121-45)91-18-32(4)60(75)84-70(91)101)128-136(108,143)117-25-47-41(14-54(123-47)94-28-80-56-61(76)78-27-79-62(56)94)130-137(109,144)115-22-44-38(11-50(120-44)90-17-31(3)59(74)83-69(90)100)127-135(107,142)114-24-46-40(13-53(122-46)93-20-34(6)65(97)88-72(93)103)129-134(106,141)113-21-43-37(125-132(104,139)111-7)10-52(119-43)92-19-33(5)64(96)87-71(92)102/h16-20,27-29,35-55,60H,8-15,21-26,75H2,1-7H3,(H,84,101)(H,104,139)(H,105,140)(H,106,141)(H,107,142)(H,108,143)(H,109,144)(H,110,145)(H2,73,82,99)(H2,74,83,100)(H2,76,78,79)(H,87,96,102)(H,88,97,103)(H3,77,85,86,98)/t35-,36?,37?,38?,39?,40?,41?,42?,43-,44-,45-,46-,47-,48-,49-,50-,51-,52-,53-,54-,55-,60?,132?,133?,134?,135?,136?,137?,138?/m1/s1. The molecule has 0 bridgehead atoms. The lowest BCUT2D eigenvalue weighted by Gasteiger charge is -2.32. The summed E-state index contributed by atoms with van der Waals surface area (Å²) in [6, 6.07) is -0.734. The Balaban J connectivity index is 0.608. The van der Waals surface area contributed by atoms with Gasteiger partial charge in [-0.25, -0.2) is 43.9 Å². The van der Waals surface area contributed by atoms with E-state index in [-0.39, 0.29) is 102 Å². The van der Waals surface area contributed by atoms with Gasteiger partial charge in [-0.1, -0.05) is 6.92 Å². The van der Waals surface area contributed by atoms with Crippen LogP contribution in [0, 0.1) is 27.7 Å². The predicted molar refractivity (Wildman–Crippen MR) is 529 cm³/mol. The van der Waals surface area contributed by atoms with Gasteiger partial charge in [0.1, 0.15) is 110 Å². The van der Waals surface area contributed by atoms with Gasteiger partial charge >= 0.3 is 75.8 Å². The lowest BCUT2D eigenvalue weighted by molar-refractivity contribution is -0.0599. The van der Waals surface area contributed by atoms with Crippen molar-refractivity contribution in [3.05, 3.63) is 151 Å². The van der Waals surface area contributed by atoms with Gasteiger partial charge in [-0.3, -0.25) is 61.6 Å². The van der Waals surface area contributed by atoms with E-state index in [1.165, 1.54) is 71.2 Å². The lowest BCUT2D eigenvalue weighted by atomic mass is 10.1. The summed E-state index contributed by atoms with van der Waals surface area (Å²) in [6.45, 7) is -26.6. The first-order valence-electron chi connectivity index (χ1n) is 43.8. The largest absolute Gasteiger partial charge is 0.383 e. The van der Waals surface area contributed by atoms with E-state index in [9.17, 15) is 72.6 Å². The third-order valence-electron chi connectivity index (χ3n) is 24.2. The molecule has 59 nitrogen and oxygen atoms in total. The summed E-state index contributed by atoms with van der Waals surface area (Å²) >= 11 is 39.0. The zero-order valence-electron chi connectivity index (χ0n) is 76.8. The molecule has 0 radical (unpaired) electrons. The second-order valence-electron chi connectivity index (χ2n) is 34.2. The van der Waals surface area contributed by atoms with Crippen LogP contribution < -0.4 is 73.4 Å². The second-order valence-corrected chi connectivity index (χ2v) is 53.9. The topological polar surface area (TPSA) is 785 Å². The van der Waals surface area contributed by atoms with E-state index in [4.69, 9.17) is 208 Å². The van der Waals surface area contributed by atoms with Crippen LogP contribution in [0.1, 0.15) is 125 Å². The highest BCUT2D eigenvalue weighted by atomic mass is 32.5. The molecule has 8 aliphatic rings. The number of urea groups is 1. The van der Waals surface area contributed by atoms with E-state index in [0.717, 1.165) is 32.0 Å². The van der Waals surface area contributed by atoms with Crippen LogP contribution in [0.3, 0.4) is 0 Å². The highest BCUT2D eigenvalue weighted by molar-refractivity contribution is 8.09. The molecule has 796 valence electrons. The average Bonchev–Trinajstić information content (AvgIpc) is 1.62. The van der Waals surface area contributed by atoms with Crippen LogP contribution in [0.15, 0.2) is 89.1 Å². The van der Waals surface area contributed by atoms with Crippen molar-refractivity contribution >= 4 is 181 Å². The number of nitrogens with two attached hydrogens (primary N) is 5. The highest BCUT2D eigenvalue weighted by Crippen LogP contribution is 2.59. The Morgan fingerprint density at radius 1 is 0.386 bits per heavy atom. The van der Waals surface area contributed by atoms with Gasteiger partial charge in [0.05, 0.1) is 101 Å². The van der Waals surface area contributed by atoms with E-state index in [1.54, 1.807) is 27.7 Å². The number of anilines is 4. The molecule has 0 aromatic carbocycles. The van der Waals surface area contributed by atoms with E-state index >= 15 is 0 Å². The molecule has 8 aromatic rings. The van der Waals surface area contributed by atoms with Crippen molar-refractivity contribution < 1.29 is 136 Å². The summed E-state index contributed by atoms with van der Waals surface area (Å²) in [5.74, 6) is -0.392. The number of nitrogen functional groups attached to an aromatic ring is 4. The molecule has 21 N–H and O–H groups in total. The number of carbonyl (C=O) groups excluding carboxylic acids is 1. The zero-order valence-corrected chi connectivity index (χ0v) is 88.8. The quantitative estimate of drug-likeness (QED) is 0.0233. The number of aromatic amines is 3. The van der Waals surface area contributed by atoms with Gasteiger partial charge in [0.15, 0.2) is 22.6 Å². The number of hydrogen-bond donors (Lipinski definition) is 16. The van der Waals surface area contributed by atoms with Crippen molar-refractivity contribution in [1.29, 1.82) is 0 Å². The molecule has 8 aromatic heterocycles. The van der Waals surface area contributed by atoms with E-state index in [1.807, 2.05) is 0 Å². The SMILES string of the molecule is CC[C@H]1O[C@@H](n2cc(C)c(N)nc2=O)CC1OP(O)(=S)OC[C@H]1O[C@@H](n2cnc3c(=O)[nH]c(N)nc32)CC1OP(O)(=S)OC[C@H]1O[C@@H](N2C=C(C)C(N)NC2=O)CC1OP(O)(=S)OC[C@H]1O[C@@H](n2cnc3c(N)ncnc32)CC1OP(O)(=S)OC[C@H]1O[C@@H](n2cc(C)c(N)nc2=O)CC1OP(O)(=S)OC[C@H]1O[C@@H](n2cc(C)c(=O)[nH]c2=O)CC1OP(O)(=S)OC[C@H]1O[C@@H](n2cc(C)c(=O)[nH]c2=O)CC1OP(O)(=S)OC. The van der Waals surface area contributed by atoms with Crippen molar-refractivity contribution in [2.24, 2.45) is 5.73 Å². The van der Waals surface area contributed by atoms with Crippen molar-refractivity contribution in [3.8, 4) is 0 Å². The number of fused-ring (bicyclic) bond motifs is 2. The number of aromatic nitrogens is 16. The molecule has 0 saturated carbocycles. The Kier molecular flexibility index (Phi) is 34.3. The lowest BCUT2D eigenvalue weighted by Crippen LogP contribution is -2.54. The molecular formula is C72H100N23O36P7S7. The summed E-state index contributed by atoms with van der Waals surface area (Å²) in [6.07, 6.45) is -18.7. The molecule has 145 heavy (non-hydrogen) atoms. The number of aryl methyl sites for hydroxylation is 4. The smallest absolute Gasteiger partial charge is 0.351 e. The van der Waals surface area contributed by atoms with Crippen molar-refractivity contribution in [2.45, 2.75) is 228 Å². The molecule has 2 amide bonds. The fourth-order valence-electron chi connectivity index (χ4n) is 16.9. The predicted octanol–water partition coefficient (Wildman–Crippen LogP) is 0.560. The molecule has 29 atom stereocenters. The summed E-state index contributed by atoms with van der Waals surface area (Å²) in [5.41, 5.74) is 26.4. The Morgan fingerprint density at radius 2 is 0.703 bits per heavy atom. The third kappa shape index (κ3) is 26.4. The second kappa shape index (κ2) is 44.7. The van der Waals surface area contributed by atoms with Crippen LogP contribution in [0.25, 0.3) is 22.3 Å². The summed E-state index contributed by atoms with van der Waals surface area (Å²) in [5, 5.41) is 2.61. The summed E-state index contributed by atoms with van der Waals surface area (Å²) < 4.78 is 135. The van der Waals surface area contributed by atoms with Gasteiger partial charge in [-0.05, 0) is 129 Å². The van der Waals surface area contributed by atoms with Crippen LogP contribution in [0.4, 0.5) is 28.2 Å². The first-order chi connectivity index (χ1) is 68.2. The molecular weight excluding hydrogens is 2200 g/mol. The van der Waals surface area contributed by atoms with E-state index < -0.39 is 267 Å². The zero-order chi connectivity index (χ0) is 105. The van der Waals surface area contributed by atoms with Gasteiger partial charge in [-0.2, -0.15) is 15.0 Å². The van der Waals surface area contributed by atoms with Crippen LogP contribution in [-0.2, 0) is 179 Å². The molecule has 16 rings (SSSR count). The molecule has 8 aliphatic heterocycles. The van der Waals surface area contributed by atoms with Gasteiger partial charge in [0.25, 0.3) is 16.7 Å². The van der Waals surface area contributed by atoms with E-state index in [0.29, 0.717) is 23.1 Å². The number of rotatable bonds is 41. The molecule has 16 heterocycles. The number of H-pyrrole nitrogens is 3. The Morgan fingerprint density at radius 3 is 1.08 bits per heavy atom. The highest BCUT2D eigenvalue weighted by Gasteiger charge is 2.53. The van der Waals surface area contributed by atoms with Crippen molar-refractivity contribution in [2.75, 3.05) is 69.7 Å². The third-order valence-corrected chi connectivity index (χ3v) is 35.4. The Hall–Kier alpha value is -6.38. The fraction of sp³-hybridized carbons (Fsp3) is 0.597. The number of carbonyl (C=O) groups is 1. The van der Waals surface area contributed by atoms with Crippen LogP contribution in [-0.4, -0.2) is 267 Å². The first-order valence-corrected chi connectivity index (χ1v) is 61.9. The van der Waals surface area contributed by atoms with Crippen molar-refractivity contribution in [3.63, 3.8) is 0 Å². The van der Waals surface area contributed by atoms with Crippen molar-refractivity contribution in [1.82, 2.24) is 87.5 Å². The first kappa shape index (κ1) is 111. The molecule has 73 heteroatoms. The molecule has 7 fully saturated rings. The van der Waals surface area contributed by atoms with E-state index in [2.05, 4.69) is 55.2 Å². The summed E-state index contributed by atoms with van der Waals surface area (Å²) in [7, 11) is 1.09. The Labute approximate surface area is 853 Å². The van der Waals surface area contributed by atoms with Crippen LogP contribution in [0.5, 0.6) is 0 Å². The number of nitrogens with one attached hydrogen (secondary N) is 4. The number of hydrogen-bond acceptors (Lipinski definition) is 48. The minimum Gasteiger partial charge on any atom is -0.383 e. The van der Waals surface area contributed by atoms with Gasteiger partial charge in [-0.15, -0.1) is 0 Å². The van der Waals surface area contributed by atoms with Crippen LogP contribution in [0.2, 0.25) is 0 Å². The van der Waals surface area contributed by atoms with Gasteiger partial charge in [0, 0.05) is 105 Å². The fourth-order valence-corrected chi connectivity index (χ4v) is 26.7. The monoisotopic (exact) mass is 2300 g/mol. The minimum atomic E-state index is -4.72.